The highest BCUT2D eigenvalue weighted by Gasteiger charge is 2.26. The van der Waals surface area contributed by atoms with Crippen molar-refractivity contribution >= 4 is 25.6 Å². The maximum atomic E-state index is 12.6. The number of hydrogen-bond acceptors (Lipinski definition) is 6. The van der Waals surface area contributed by atoms with Crippen LogP contribution in [0.4, 0.5) is 0 Å². The van der Waals surface area contributed by atoms with Crippen LogP contribution in [0.1, 0.15) is 15.9 Å². The van der Waals surface area contributed by atoms with Crippen LogP contribution in [0.25, 0.3) is 0 Å². The molecule has 0 spiro atoms. The molecule has 30 heavy (non-hydrogen) atoms. The minimum absolute atomic E-state index is 0.165. The molecule has 0 aromatic heterocycles. The van der Waals surface area contributed by atoms with Crippen LogP contribution in [0, 0.1) is 0 Å². The number of Topliss-reactive ketones (excluding diaryl/α,β-unsaturated/α-hetero) is 1. The molecule has 0 saturated heterocycles. The van der Waals surface area contributed by atoms with E-state index in [9.17, 15) is 21.6 Å². The summed E-state index contributed by atoms with van der Waals surface area (Å²) < 4.78 is 54.3. The highest BCUT2D eigenvalue weighted by Crippen LogP contribution is 2.22. The lowest BCUT2D eigenvalue weighted by atomic mass is 10.1. The molecule has 0 atom stereocenters. The first-order valence-corrected chi connectivity index (χ1v) is 12.0. The maximum absolute atomic E-state index is 12.6. The molecule has 7 nitrogen and oxygen atoms in total. The summed E-state index contributed by atoms with van der Waals surface area (Å²) in [6, 6.07) is 20.5. The van der Waals surface area contributed by atoms with Gasteiger partial charge in [0.2, 0.25) is 10.0 Å². The summed E-state index contributed by atoms with van der Waals surface area (Å²) >= 11 is 0. The molecule has 9 heteroatoms. The van der Waals surface area contributed by atoms with Gasteiger partial charge in [-0.25, -0.2) is 22.0 Å². The van der Waals surface area contributed by atoms with Gasteiger partial charge in [-0.15, -0.1) is 0 Å². The summed E-state index contributed by atoms with van der Waals surface area (Å²) in [5, 5.41) is 5.09. The highest BCUT2D eigenvalue weighted by atomic mass is 32.2. The van der Waals surface area contributed by atoms with E-state index in [1.165, 1.54) is 24.3 Å². The van der Waals surface area contributed by atoms with Crippen LogP contribution in [-0.2, 0) is 26.5 Å². The Bertz CT molecular complexity index is 1250. The van der Waals surface area contributed by atoms with E-state index in [0.717, 1.165) is 17.7 Å². The minimum Gasteiger partial charge on any atom is -0.489 e. The molecule has 0 aliphatic rings. The van der Waals surface area contributed by atoms with E-state index in [0.29, 0.717) is 12.4 Å². The fraction of sp³-hybridized carbons (Fsp3) is 0.0952. The topological polar surface area (TPSA) is 121 Å². The van der Waals surface area contributed by atoms with Gasteiger partial charge in [0.25, 0.3) is 0 Å². The third-order valence-electron chi connectivity index (χ3n) is 4.24. The van der Waals surface area contributed by atoms with E-state index in [4.69, 9.17) is 9.88 Å². The lowest BCUT2D eigenvalue weighted by Crippen LogP contribution is -2.21. The Kier molecular flexibility index (Phi) is 6.35. The molecule has 2 N–H and O–H groups in total. The van der Waals surface area contributed by atoms with E-state index >= 15 is 0 Å². The van der Waals surface area contributed by atoms with E-state index in [2.05, 4.69) is 0 Å². The number of sulfonamides is 1. The van der Waals surface area contributed by atoms with Crippen molar-refractivity contribution in [2.75, 3.05) is 5.75 Å². The number of ether oxygens (including phenoxy) is 1. The lowest BCUT2D eigenvalue weighted by molar-refractivity contribution is 0.102. The molecule has 0 amide bonds. The van der Waals surface area contributed by atoms with Crippen molar-refractivity contribution in [1.29, 1.82) is 0 Å². The van der Waals surface area contributed by atoms with Gasteiger partial charge < -0.3 is 4.74 Å². The van der Waals surface area contributed by atoms with Crippen molar-refractivity contribution < 1.29 is 26.4 Å². The fourth-order valence-corrected chi connectivity index (χ4v) is 5.43. The number of rotatable bonds is 8. The number of carbonyl (C=O) groups excluding carboxylic acids is 1. The van der Waals surface area contributed by atoms with Crippen LogP contribution in [0.5, 0.6) is 5.75 Å². The number of ketones is 1. The predicted molar refractivity (Wildman–Crippen MR) is 111 cm³/mol. The summed E-state index contributed by atoms with van der Waals surface area (Å²) in [6.45, 7) is 0.354. The molecule has 0 bridgehead atoms. The minimum atomic E-state index is -4.26. The van der Waals surface area contributed by atoms with Gasteiger partial charge in [-0.2, -0.15) is 0 Å². The van der Waals surface area contributed by atoms with Crippen molar-refractivity contribution in [2.45, 2.75) is 16.4 Å². The van der Waals surface area contributed by atoms with Crippen LogP contribution in [0.15, 0.2) is 88.7 Å². The Morgan fingerprint density at radius 2 is 1.33 bits per heavy atom. The summed E-state index contributed by atoms with van der Waals surface area (Å²) in [5.74, 6) is -1.03. The Morgan fingerprint density at radius 3 is 1.93 bits per heavy atom. The number of benzene rings is 3. The molecule has 0 aliphatic heterocycles. The monoisotopic (exact) mass is 445 g/mol. The van der Waals surface area contributed by atoms with Gasteiger partial charge >= 0.3 is 0 Å². The van der Waals surface area contributed by atoms with Gasteiger partial charge in [0.1, 0.15) is 23.0 Å². The molecule has 0 unspecified atom stereocenters. The van der Waals surface area contributed by atoms with E-state index in [1.54, 1.807) is 12.1 Å². The lowest BCUT2D eigenvalue weighted by Gasteiger charge is -2.09. The number of sulfone groups is 1. The average molecular weight is 446 g/mol. The number of primary sulfonamides is 1. The highest BCUT2D eigenvalue weighted by molar-refractivity contribution is 7.94. The number of hydrogen-bond donors (Lipinski definition) is 1. The zero-order valence-electron chi connectivity index (χ0n) is 15.8. The Morgan fingerprint density at radius 1 is 0.767 bits per heavy atom. The van der Waals surface area contributed by atoms with Crippen molar-refractivity contribution in [3.63, 3.8) is 0 Å². The summed E-state index contributed by atoms with van der Waals surface area (Å²) in [7, 11) is -8.48. The first-order valence-electron chi connectivity index (χ1n) is 8.81. The molecule has 0 saturated carbocycles. The Labute approximate surface area is 175 Å². The first kappa shape index (κ1) is 21.7. The van der Waals surface area contributed by atoms with Crippen molar-refractivity contribution in [1.82, 2.24) is 0 Å². The number of carbonyl (C=O) groups is 1. The predicted octanol–water partition coefficient (Wildman–Crippen LogP) is 2.57. The standard InChI is InChI=1S/C21H19NO6S2/c22-30(26,27)21-9-5-4-8-20(21)29(24,25)15-19(23)17-10-12-18(13-11-17)28-14-16-6-2-1-3-7-16/h1-13H,14-15H2,(H2,22,26,27). The van der Waals surface area contributed by atoms with E-state index < -0.39 is 41.2 Å². The second kappa shape index (κ2) is 8.78. The largest absolute Gasteiger partial charge is 0.489 e. The molecule has 0 heterocycles. The normalized spacial score (nSPS) is 11.8. The molecule has 0 radical (unpaired) electrons. The molecule has 3 aromatic carbocycles. The van der Waals surface area contributed by atoms with Gasteiger partial charge in [0, 0.05) is 5.56 Å². The Balaban J connectivity index is 1.73. The van der Waals surface area contributed by atoms with E-state index in [1.807, 2.05) is 30.3 Å². The van der Waals surface area contributed by atoms with Gasteiger partial charge in [-0.1, -0.05) is 42.5 Å². The van der Waals surface area contributed by atoms with Crippen molar-refractivity contribution in [3.8, 4) is 5.75 Å². The van der Waals surface area contributed by atoms with Crippen LogP contribution >= 0.6 is 0 Å². The van der Waals surface area contributed by atoms with Crippen LogP contribution in [0.2, 0.25) is 0 Å². The van der Waals surface area contributed by atoms with Gasteiger partial charge in [-0.3, -0.25) is 4.79 Å². The maximum Gasteiger partial charge on any atom is 0.239 e. The van der Waals surface area contributed by atoms with Crippen molar-refractivity contribution in [3.05, 3.63) is 90.0 Å². The molecular weight excluding hydrogens is 426 g/mol. The van der Waals surface area contributed by atoms with Gasteiger partial charge in [0.15, 0.2) is 15.6 Å². The van der Waals surface area contributed by atoms with Gasteiger partial charge in [-0.05, 0) is 42.0 Å². The summed E-state index contributed by atoms with van der Waals surface area (Å²) in [5.41, 5.74) is 1.15. The first-order chi connectivity index (χ1) is 14.2. The van der Waals surface area contributed by atoms with Crippen LogP contribution < -0.4 is 9.88 Å². The van der Waals surface area contributed by atoms with Crippen molar-refractivity contribution in [2.24, 2.45) is 5.14 Å². The zero-order chi connectivity index (χ0) is 21.8. The van der Waals surface area contributed by atoms with Crippen LogP contribution in [0.3, 0.4) is 0 Å². The summed E-state index contributed by atoms with van der Waals surface area (Å²) in [6.07, 6.45) is 0. The Hall–Kier alpha value is -3.01. The molecular formula is C21H19NO6S2. The van der Waals surface area contributed by atoms with Crippen LogP contribution in [-0.4, -0.2) is 28.4 Å². The SMILES string of the molecule is NS(=O)(=O)c1ccccc1S(=O)(=O)CC(=O)c1ccc(OCc2ccccc2)cc1. The summed E-state index contributed by atoms with van der Waals surface area (Å²) in [4.78, 5) is 11.4. The average Bonchev–Trinajstić information content (AvgIpc) is 2.72. The fourth-order valence-electron chi connectivity index (χ4n) is 2.75. The quantitative estimate of drug-likeness (QED) is 0.532. The zero-order valence-corrected chi connectivity index (χ0v) is 17.4. The number of nitrogens with two attached hydrogens (primary N) is 1. The third kappa shape index (κ3) is 5.32. The smallest absolute Gasteiger partial charge is 0.239 e. The second-order valence-electron chi connectivity index (χ2n) is 6.47. The molecule has 0 aliphatic carbocycles. The molecule has 3 rings (SSSR count). The second-order valence-corrected chi connectivity index (χ2v) is 9.96. The molecule has 0 fully saturated rings. The third-order valence-corrected chi connectivity index (χ3v) is 7.00. The van der Waals surface area contributed by atoms with E-state index in [-0.39, 0.29) is 5.56 Å². The molecule has 156 valence electrons. The molecule has 3 aromatic rings. The van der Waals surface area contributed by atoms with Gasteiger partial charge in [0.05, 0.1) is 4.90 Å².